The minimum Gasteiger partial charge on any atom is -0.468 e. The largest absolute Gasteiger partial charge is 0.468 e. The Morgan fingerprint density at radius 2 is 1.47 bits per heavy atom. The van der Waals surface area contributed by atoms with Gasteiger partial charge < -0.3 is 34.7 Å². The molecule has 0 unspecified atom stereocenters. The van der Waals surface area contributed by atoms with E-state index < -0.39 is 60.3 Å². The van der Waals surface area contributed by atoms with Gasteiger partial charge >= 0.3 is 24.0 Å². The van der Waals surface area contributed by atoms with Crippen LogP contribution in [-0.2, 0) is 44.7 Å². The van der Waals surface area contributed by atoms with Crippen LogP contribution in [-0.4, -0.2) is 75.0 Å². The fourth-order valence-corrected chi connectivity index (χ4v) is 3.00. The molecule has 12 heteroatoms. The molecule has 0 spiro atoms. The fourth-order valence-electron chi connectivity index (χ4n) is 3.00. The standard InChI is InChI=1S/C22H30N2O10/c1-13(17(19(27)31-2)20(28)32-3)18(21(29)33-4)24-16(26)10-15(25)11-23-22(30)34-12-14-8-6-5-7-9-14/h5-9,13,15,17-18,25H,10-12H2,1-4H3,(H,23,30)(H,24,26)/t13-,15-,18-/m1/s1. The van der Waals surface area contributed by atoms with Crippen molar-refractivity contribution < 1.29 is 48.0 Å². The zero-order chi connectivity index (χ0) is 25.7. The third kappa shape index (κ3) is 9.06. The minimum absolute atomic E-state index is 0.0313. The number of benzene rings is 1. The number of hydrogen-bond donors (Lipinski definition) is 3. The van der Waals surface area contributed by atoms with Crippen molar-refractivity contribution in [3.63, 3.8) is 0 Å². The number of aliphatic hydroxyl groups is 1. The molecular formula is C22H30N2O10. The van der Waals surface area contributed by atoms with Crippen LogP contribution in [0.2, 0.25) is 0 Å². The number of carbonyl (C=O) groups excluding carboxylic acids is 5. The molecule has 0 bridgehead atoms. The summed E-state index contributed by atoms with van der Waals surface area (Å²) in [5.41, 5.74) is 0.776. The third-order valence-corrected chi connectivity index (χ3v) is 4.85. The van der Waals surface area contributed by atoms with Crippen molar-refractivity contribution >= 4 is 29.9 Å². The van der Waals surface area contributed by atoms with Gasteiger partial charge in [-0.1, -0.05) is 37.3 Å². The molecule has 34 heavy (non-hydrogen) atoms. The summed E-state index contributed by atoms with van der Waals surface area (Å²) in [4.78, 5) is 60.5. The first-order valence-corrected chi connectivity index (χ1v) is 10.3. The predicted octanol–water partition coefficient (Wildman–Crippen LogP) is -0.0801. The van der Waals surface area contributed by atoms with E-state index in [4.69, 9.17) is 4.74 Å². The van der Waals surface area contributed by atoms with Crippen LogP contribution >= 0.6 is 0 Å². The molecule has 0 radical (unpaired) electrons. The number of amides is 2. The van der Waals surface area contributed by atoms with Crippen molar-refractivity contribution in [1.29, 1.82) is 0 Å². The number of nitrogens with one attached hydrogen (secondary N) is 2. The van der Waals surface area contributed by atoms with Gasteiger partial charge in [0.2, 0.25) is 5.91 Å². The summed E-state index contributed by atoms with van der Waals surface area (Å²) >= 11 is 0. The lowest BCUT2D eigenvalue weighted by molar-refractivity contribution is -0.163. The Morgan fingerprint density at radius 3 is 2.00 bits per heavy atom. The van der Waals surface area contributed by atoms with Gasteiger partial charge in [0.1, 0.15) is 12.6 Å². The SMILES string of the molecule is COC(=O)C(C(=O)OC)[C@@H](C)[C@@H](NC(=O)C[C@@H](O)CNC(=O)OCc1ccccc1)C(=O)OC. The Morgan fingerprint density at radius 1 is 0.912 bits per heavy atom. The van der Waals surface area contributed by atoms with Gasteiger partial charge in [0.15, 0.2) is 5.92 Å². The van der Waals surface area contributed by atoms with Gasteiger partial charge in [-0.05, 0) is 5.56 Å². The zero-order valence-corrected chi connectivity index (χ0v) is 19.4. The fraction of sp³-hybridized carbons (Fsp3) is 0.500. The number of esters is 3. The van der Waals surface area contributed by atoms with E-state index in [9.17, 15) is 29.1 Å². The highest BCUT2D eigenvalue weighted by Gasteiger charge is 2.42. The van der Waals surface area contributed by atoms with E-state index in [1.54, 1.807) is 24.3 Å². The second-order valence-electron chi connectivity index (χ2n) is 7.25. The predicted molar refractivity (Wildman–Crippen MR) is 116 cm³/mol. The summed E-state index contributed by atoms with van der Waals surface area (Å²) in [5.74, 6) is -6.23. The van der Waals surface area contributed by atoms with E-state index in [-0.39, 0.29) is 13.2 Å². The van der Waals surface area contributed by atoms with Gasteiger partial charge in [0.25, 0.3) is 0 Å². The maximum absolute atomic E-state index is 12.4. The number of ether oxygens (including phenoxy) is 4. The van der Waals surface area contributed by atoms with Crippen LogP contribution in [0.4, 0.5) is 4.79 Å². The van der Waals surface area contributed by atoms with E-state index in [1.165, 1.54) is 6.92 Å². The first-order valence-electron chi connectivity index (χ1n) is 10.3. The smallest absolute Gasteiger partial charge is 0.407 e. The van der Waals surface area contributed by atoms with Gasteiger partial charge in [-0.3, -0.25) is 14.4 Å². The number of alkyl carbamates (subject to hydrolysis) is 1. The van der Waals surface area contributed by atoms with E-state index in [0.717, 1.165) is 26.9 Å². The first kappa shape index (κ1) is 28.4. The average molecular weight is 482 g/mol. The molecule has 12 nitrogen and oxygen atoms in total. The van der Waals surface area contributed by atoms with Crippen LogP contribution in [0.3, 0.4) is 0 Å². The Bertz CT molecular complexity index is 829. The Labute approximate surface area is 196 Å². The van der Waals surface area contributed by atoms with Gasteiger partial charge in [-0.15, -0.1) is 0 Å². The van der Waals surface area contributed by atoms with Crippen LogP contribution in [0.1, 0.15) is 18.9 Å². The summed E-state index contributed by atoms with van der Waals surface area (Å²) in [6.07, 6.45) is -2.60. The third-order valence-electron chi connectivity index (χ3n) is 4.85. The normalized spacial score (nSPS) is 13.1. The Balaban J connectivity index is 2.66. The maximum Gasteiger partial charge on any atom is 0.407 e. The van der Waals surface area contributed by atoms with Gasteiger partial charge in [-0.2, -0.15) is 0 Å². The molecule has 0 fully saturated rings. The number of hydrogen-bond acceptors (Lipinski definition) is 10. The summed E-state index contributed by atoms with van der Waals surface area (Å²) in [5, 5.41) is 14.7. The lowest BCUT2D eigenvalue weighted by atomic mass is 9.87. The van der Waals surface area contributed by atoms with Gasteiger partial charge in [0.05, 0.1) is 33.9 Å². The highest BCUT2D eigenvalue weighted by atomic mass is 16.6. The van der Waals surface area contributed by atoms with Crippen molar-refractivity contribution in [2.45, 2.75) is 32.1 Å². The minimum atomic E-state index is -1.51. The van der Waals surface area contributed by atoms with Crippen molar-refractivity contribution in [1.82, 2.24) is 10.6 Å². The molecule has 3 atom stereocenters. The molecule has 0 saturated carbocycles. The lowest BCUT2D eigenvalue weighted by Gasteiger charge is -2.27. The van der Waals surface area contributed by atoms with E-state index >= 15 is 0 Å². The van der Waals surface area contributed by atoms with Crippen LogP contribution in [0, 0.1) is 11.8 Å². The van der Waals surface area contributed by atoms with E-state index in [1.807, 2.05) is 6.07 Å². The quantitative estimate of drug-likeness (QED) is 0.208. The molecule has 3 N–H and O–H groups in total. The molecule has 1 rings (SSSR count). The van der Waals surface area contributed by atoms with Crippen LogP contribution in [0.25, 0.3) is 0 Å². The summed E-state index contributed by atoms with van der Waals surface area (Å²) in [7, 11) is 3.19. The Hall–Kier alpha value is -3.67. The topological polar surface area (TPSA) is 167 Å². The number of carbonyl (C=O) groups is 5. The van der Waals surface area contributed by atoms with Crippen molar-refractivity contribution in [2.24, 2.45) is 11.8 Å². The highest BCUT2D eigenvalue weighted by Crippen LogP contribution is 2.20. The number of aliphatic hydroxyl groups excluding tert-OH is 1. The van der Waals surface area contributed by atoms with Gasteiger partial charge in [-0.25, -0.2) is 9.59 Å². The van der Waals surface area contributed by atoms with Crippen LogP contribution in [0.5, 0.6) is 0 Å². The van der Waals surface area contributed by atoms with Crippen molar-refractivity contribution in [3.8, 4) is 0 Å². The first-order chi connectivity index (χ1) is 16.1. The molecule has 0 aromatic heterocycles. The number of rotatable bonds is 12. The monoisotopic (exact) mass is 482 g/mol. The zero-order valence-electron chi connectivity index (χ0n) is 19.4. The maximum atomic E-state index is 12.4. The van der Waals surface area contributed by atoms with E-state index in [2.05, 4.69) is 24.8 Å². The second-order valence-corrected chi connectivity index (χ2v) is 7.25. The molecule has 2 amide bonds. The molecule has 1 aromatic rings. The van der Waals surface area contributed by atoms with Crippen LogP contribution in [0.15, 0.2) is 30.3 Å². The lowest BCUT2D eigenvalue weighted by Crippen LogP contribution is -2.51. The number of methoxy groups -OCH3 is 3. The molecule has 188 valence electrons. The molecule has 1 aromatic carbocycles. The molecule has 0 aliphatic heterocycles. The molecular weight excluding hydrogens is 452 g/mol. The molecule has 0 saturated heterocycles. The van der Waals surface area contributed by atoms with Crippen molar-refractivity contribution in [2.75, 3.05) is 27.9 Å². The Kier molecular flexibility index (Phi) is 12.1. The van der Waals surface area contributed by atoms with E-state index in [0.29, 0.717) is 0 Å². The van der Waals surface area contributed by atoms with Gasteiger partial charge in [0, 0.05) is 12.5 Å². The van der Waals surface area contributed by atoms with Crippen LogP contribution < -0.4 is 10.6 Å². The second kappa shape index (κ2) is 14.5. The molecule has 0 heterocycles. The highest BCUT2D eigenvalue weighted by molar-refractivity contribution is 5.96. The summed E-state index contributed by atoms with van der Waals surface area (Å²) < 4.78 is 18.9. The summed E-state index contributed by atoms with van der Waals surface area (Å²) in [6.45, 7) is 1.09. The molecule has 0 aliphatic carbocycles. The summed E-state index contributed by atoms with van der Waals surface area (Å²) in [6, 6.07) is 7.53. The average Bonchev–Trinajstić information content (AvgIpc) is 2.84. The van der Waals surface area contributed by atoms with Crippen molar-refractivity contribution in [3.05, 3.63) is 35.9 Å². The molecule has 0 aliphatic rings.